The number of hydrogen-bond acceptors (Lipinski definition) is 5. The summed E-state index contributed by atoms with van der Waals surface area (Å²) in [5.41, 5.74) is 2.50. The van der Waals surface area contributed by atoms with Crippen molar-refractivity contribution < 1.29 is 14.3 Å². The summed E-state index contributed by atoms with van der Waals surface area (Å²) >= 11 is 1.59. The van der Waals surface area contributed by atoms with Crippen molar-refractivity contribution in [2.45, 2.75) is 26.7 Å². The number of esters is 1. The van der Waals surface area contributed by atoms with E-state index in [1.807, 2.05) is 23.6 Å². The maximum Gasteiger partial charge on any atom is 0.338 e. The summed E-state index contributed by atoms with van der Waals surface area (Å²) in [6, 6.07) is 10.7. The molecule has 0 unspecified atom stereocenters. The number of thiophene rings is 1. The van der Waals surface area contributed by atoms with Gasteiger partial charge >= 0.3 is 5.97 Å². The van der Waals surface area contributed by atoms with E-state index in [0.717, 1.165) is 23.4 Å². The second kappa shape index (κ2) is 8.10. The van der Waals surface area contributed by atoms with E-state index in [4.69, 9.17) is 4.74 Å². The molecule has 1 aromatic carbocycles. The molecule has 6 heteroatoms. The minimum absolute atomic E-state index is 0.147. The van der Waals surface area contributed by atoms with Crippen LogP contribution in [0.1, 0.15) is 41.9 Å². The number of hydrogen-bond donors (Lipinski definition) is 0. The van der Waals surface area contributed by atoms with E-state index in [-0.39, 0.29) is 11.9 Å². The first-order valence-corrected chi connectivity index (χ1v) is 9.46. The predicted octanol–water partition coefficient (Wildman–Crippen LogP) is 4.51. The summed E-state index contributed by atoms with van der Waals surface area (Å²) < 4.78 is 4.98. The van der Waals surface area contributed by atoms with Crippen LogP contribution >= 0.6 is 11.3 Å². The van der Waals surface area contributed by atoms with E-state index < -0.39 is 0 Å². The Morgan fingerprint density at radius 1 is 1.23 bits per heavy atom. The first-order chi connectivity index (χ1) is 12.6. The Morgan fingerprint density at radius 3 is 2.62 bits per heavy atom. The smallest absolute Gasteiger partial charge is 0.338 e. The molecule has 2 aromatic rings. The Hall–Kier alpha value is -2.73. The van der Waals surface area contributed by atoms with Crippen LogP contribution in [0.5, 0.6) is 0 Å². The third-order valence-electron chi connectivity index (χ3n) is 3.89. The molecular formula is C20H20N2O3S. The van der Waals surface area contributed by atoms with Gasteiger partial charge < -0.3 is 4.74 Å². The average molecular weight is 368 g/mol. The van der Waals surface area contributed by atoms with Gasteiger partial charge in [-0.05, 0) is 55.1 Å². The van der Waals surface area contributed by atoms with Gasteiger partial charge in [0.15, 0.2) is 0 Å². The summed E-state index contributed by atoms with van der Waals surface area (Å²) in [6.07, 6.45) is 3.54. The molecule has 0 saturated carbocycles. The molecule has 0 fully saturated rings. The van der Waals surface area contributed by atoms with Gasteiger partial charge in [-0.1, -0.05) is 19.4 Å². The van der Waals surface area contributed by atoms with Crippen LogP contribution in [0, 0.1) is 0 Å². The highest BCUT2D eigenvalue weighted by molar-refractivity contribution is 7.10. The lowest BCUT2D eigenvalue weighted by Crippen LogP contribution is -2.21. The summed E-state index contributed by atoms with van der Waals surface area (Å²) in [4.78, 5) is 25.7. The molecule has 0 radical (unpaired) electrons. The number of rotatable bonds is 6. The van der Waals surface area contributed by atoms with Crippen LogP contribution in [-0.4, -0.2) is 24.2 Å². The second-order valence-electron chi connectivity index (χ2n) is 5.75. The van der Waals surface area contributed by atoms with Gasteiger partial charge in [0.25, 0.3) is 5.91 Å². The number of carbonyl (C=O) groups excluding carboxylic acids is 2. The predicted molar refractivity (Wildman–Crippen MR) is 105 cm³/mol. The van der Waals surface area contributed by atoms with E-state index in [0.29, 0.717) is 23.4 Å². The molecular weight excluding hydrogens is 348 g/mol. The summed E-state index contributed by atoms with van der Waals surface area (Å²) in [5, 5.41) is 7.91. The van der Waals surface area contributed by atoms with Gasteiger partial charge in [0.1, 0.15) is 0 Å². The fraction of sp³-hybridized carbons (Fsp3) is 0.250. The quantitative estimate of drug-likeness (QED) is 0.557. The molecule has 0 bridgehead atoms. The number of nitrogens with zero attached hydrogens (tertiary/aromatic N) is 2. The maximum absolute atomic E-state index is 12.9. The molecule has 0 saturated heterocycles. The van der Waals surface area contributed by atoms with Gasteiger partial charge in [-0.3, -0.25) is 4.79 Å². The second-order valence-corrected chi connectivity index (χ2v) is 6.73. The average Bonchev–Trinajstić information content (AvgIpc) is 3.26. The summed E-state index contributed by atoms with van der Waals surface area (Å²) in [5.74, 6) is -0.522. The lowest BCUT2D eigenvalue weighted by atomic mass is 10.1. The summed E-state index contributed by atoms with van der Waals surface area (Å²) in [6.45, 7) is 4.15. The highest BCUT2D eigenvalue weighted by Crippen LogP contribution is 2.27. The monoisotopic (exact) mass is 368 g/mol. The lowest BCUT2D eigenvalue weighted by molar-refractivity contribution is -0.114. The van der Waals surface area contributed by atoms with Gasteiger partial charge in [-0.2, -0.15) is 10.1 Å². The molecule has 3 rings (SSSR count). The Bertz CT molecular complexity index is 852. The number of hydrazone groups is 1. The molecule has 0 aliphatic carbocycles. The van der Waals surface area contributed by atoms with E-state index in [9.17, 15) is 9.59 Å². The van der Waals surface area contributed by atoms with Crippen molar-refractivity contribution in [2.24, 2.45) is 5.10 Å². The van der Waals surface area contributed by atoms with Crippen LogP contribution in [-0.2, 0) is 9.53 Å². The third kappa shape index (κ3) is 3.75. The first-order valence-electron chi connectivity index (χ1n) is 8.58. The Balaban J connectivity index is 1.88. The number of anilines is 1. The zero-order valence-electron chi connectivity index (χ0n) is 14.8. The van der Waals surface area contributed by atoms with Crippen LogP contribution in [0.4, 0.5) is 5.69 Å². The molecule has 2 heterocycles. The van der Waals surface area contributed by atoms with Crippen LogP contribution in [0.15, 0.2) is 52.5 Å². The Morgan fingerprint density at radius 2 is 2.00 bits per heavy atom. The molecule has 134 valence electrons. The largest absolute Gasteiger partial charge is 0.462 e. The van der Waals surface area contributed by atoms with Gasteiger partial charge in [0.05, 0.1) is 29.1 Å². The minimum Gasteiger partial charge on any atom is -0.462 e. The fourth-order valence-electron chi connectivity index (χ4n) is 2.67. The van der Waals surface area contributed by atoms with Crippen molar-refractivity contribution in [3.05, 3.63) is 57.8 Å². The molecule has 1 aliphatic heterocycles. The molecule has 5 nitrogen and oxygen atoms in total. The van der Waals surface area contributed by atoms with Gasteiger partial charge in [0.2, 0.25) is 0 Å². The number of carbonyl (C=O) groups is 2. The van der Waals surface area contributed by atoms with Crippen LogP contribution in [0.2, 0.25) is 0 Å². The van der Waals surface area contributed by atoms with Crippen molar-refractivity contribution in [1.82, 2.24) is 0 Å². The minimum atomic E-state index is -0.375. The number of benzene rings is 1. The highest BCUT2D eigenvalue weighted by Gasteiger charge is 2.30. The van der Waals surface area contributed by atoms with Crippen molar-refractivity contribution in [3.63, 3.8) is 0 Å². The number of amides is 1. The standard InChI is InChI=1S/C20H20N2O3S/c1-3-6-18-17(13-16-7-5-12-26-16)19(23)22(21-18)15-10-8-14(9-11-15)20(24)25-4-2/h5,7-13H,3-4,6H2,1-2H3. The molecule has 0 atom stereocenters. The molecule has 0 N–H and O–H groups in total. The van der Waals surface area contributed by atoms with Gasteiger partial charge in [0, 0.05) is 4.88 Å². The molecule has 1 amide bonds. The Labute approximate surface area is 156 Å². The van der Waals surface area contributed by atoms with Crippen molar-refractivity contribution in [1.29, 1.82) is 0 Å². The van der Waals surface area contributed by atoms with Crippen LogP contribution in [0.25, 0.3) is 6.08 Å². The first kappa shape index (κ1) is 18.1. The summed E-state index contributed by atoms with van der Waals surface area (Å²) in [7, 11) is 0. The van der Waals surface area contributed by atoms with E-state index >= 15 is 0 Å². The van der Waals surface area contributed by atoms with Crippen LogP contribution < -0.4 is 5.01 Å². The zero-order valence-corrected chi connectivity index (χ0v) is 15.6. The maximum atomic E-state index is 12.9. The Kier molecular flexibility index (Phi) is 5.63. The van der Waals surface area contributed by atoms with Crippen molar-refractivity contribution >= 4 is 40.7 Å². The normalized spacial score (nSPS) is 15.5. The van der Waals surface area contributed by atoms with E-state index in [2.05, 4.69) is 12.0 Å². The van der Waals surface area contributed by atoms with Gasteiger partial charge in [-0.25, -0.2) is 4.79 Å². The molecule has 26 heavy (non-hydrogen) atoms. The number of ether oxygens (including phenoxy) is 1. The fourth-order valence-corrected chi connectivity index (χ4v) is 3.33. The molecule has 1 aliphatic rings. The van der Waals surface area contributed by atoms with E-state index in [1.54, 1.807) is 42.5 Å². The lowest BCUT2D eigenvalue weighted by Gasteiger charge is -2.12. The third-order valence-corrected chi connectivity index (χ3v) is 4.71. The van der Waals surface area contributed by atoms with Gasteiger partial charge in [-0.15, -0.1) is 11.3 Å². The van der Waals surface area contributed by atoms with Crippen LogP contribution in [0.3, 0.4) is 0 Å². The topological polar surface area (TPSA) is 59.0 Å². The van der Waals surface area contributed by atoms with Crippen molar-refractivity contribution in [2.75, 3.05) is 11.6 Å². The SMILES string of the molecule is CCCC1=NN(c2ccc(C(=O)OCC)cc2)C(=O)C1=Cc1cccs1. The zero-order chi connectivity index (χ0) is 18.5. The highest BCUT2D eigenvalue weighted by atomic mass is 32.1. The molecule has 0 spiro atoms. The van der Waals surface area contributed by atoms with E-state index in [1.165, 1.54) is 5.01 Å². The van der Waals surface area contributed by atoms with Crippen molar-refractivity contribution in [3.8, 4) is 0 Å². The molecule has 1 aromatic heterocycles.